The van der Waals surface area contributed by atoms with Gasteiger partial charge in [0.15, 0.2) is 0 Å². The number of hydrogen-bond acceptors (Lipinski definition) is 4. The maximum atomic E-state index is 13.7. The number of halogens is 1. The molecule has 3 atom stereocenters. The lowest BCUT2D eigenvalue weighted by Crippen LogP contribution is -2.53. The Bertz CT molecular complexity index is 271. The summed E-state index contributed by atoms with van der Waals surface area (Å²) in [6.07, 6.45) is -0.0213. The Morgan fingerprint density at radius 2 is 2.24 bits per heavy atom. The van der Waals surface area contributed by atoms with Gasteiger partial charge in [-0.1, -0.05) is 0 Å². The van der Waals surface area contributed by atoms with Crippen molar-refractivity contribution in [3.8, 4) is 0 Å². The largest absolute Gasteiger partial charge is 0.378 e. The average Bonchev–Trinajstić information content (AvgIpc) is 2.39. The van der Waals surface area contributed by atoms with Crippen LogP contribution in [0.15, 0.2) is 0 Å². The molecule has 0 aromatic carbocycles. The highest BCUT2D eigenvalue weighted by atomic mass is 19.1. The number of nitrogens with zero attached hydrogens (tertiary/aromatic N) is 1. The molecule has 98 valence electrons. The lowest BCUT2D eigenvalue weighted by atomic mass is 9.99. The van der Waals surface area contributed by atoms with Gasteiger partial charge in [0.05, 0.1) is 18.6 Å². The second-order valence-electron chi connectivity index (χ2n) is 4.66. The second kappa shape index (κ2) is 5.75. The molecule has 5 nitrogen and oxygen atoms in total. The van der Waals surface area contributed by atoms with Crippen LogP contribution in [0.2, 0.25) is 0 Å². The first kappa shape index (κ1) is 12.7. The van der Waals surface area contributed by atoms with Gasteiger partial charge in [0.25, 0.3) is 0 Å². The van der Waals surface area contributed by atoms with Crippen molar-refractivity contribution < 1.29 is 13.9 Å². The molecule has 0 aromatic rings. The Kier molecular flexibility index (Phi) is 4.31. The molecule has 17 heavy (non-hydrogen) atoms. The zero-order valence-corrected chi connectivity index (χ0v) is 10.1. The van der Waals surface area contributed by atoms with Gasteiger partial charge in [-0.05, 0) is 12.8 Å². The standard InChI is InChI=1S/C11H20FN3O2/c1-17-10-3-5-15(7-9(10)12)11(16)8-2-4-13-14-6-8/h8-10,13-14H,2-7H2,1H3. The van der Waals surface area contributed by atoms with E-state index in [1.54, 1.807) is 4.90 Å². The van der Waals surface area contributed by atoms with Gasteiger partial charge >= 0.3 is 0 Å². The normalized spacial score (nSPS) is 34.7. The summed E-state index contributed by atoms with van der Waals surface area (Å²) < 4.78 is 18.7. The van der Waals surface area contributed by atoms with Gasteiger partial charge in [0.1, 0.15) is 6.17 Å². The number of nitrogens with one attached hydrogen (secondary N) is 2. The zero-order chi connectivity index (χ0) is 12.3. The Morgan fingerprint density at radius 3 is 2.82 bits per heavy atom. The molecule has 1 amide bonds. The summed E-state index contributed by atoms with van der Waals surface area (Å²) in [6.45, 7) is 2.17. The molecular weight excluding hydrogens is 225 g/mol. The number of ether oxygens (including phenoxy) is 1. The number of carbonyl (C=O) groups excluding carboxylic acids is 1. The molecule has 2 fully saturated rings. The van der Waals surface area contributed by atoms with Crippen LogP contribution >= 0.6 is 0 Å². The van der Waals surface area contributed by atoms with Crippen LogP contribution in [0.1, 0.15) is 12.8 Å². The number of hydrazine groups is 1. The van der Waals surface area contributed by atoms with Crippen LogP contribution in [0.4, 0.5) is 4.39 Å². The average molecular weight is 245 g/mol. The molecular formula is C11H20FN3O2. The van der Waals surface area contributed by atoms with Crippen LogP contribution in [0, 0.1) is 5.92 Å². The molecule has 2 rings (SSSR count). The van der Waals surface area contributed by atoms with Crippen LogP contribution in [0.5, 0.6) is 0 Å². The highest BCUT2D eigenvalue weighted by molar-refractivity contribution is 5.79. The summed E-state index contributed by atoms with van der Waals surface area (Å²) in [6, 6.07) is 0. The highest BCUT2D eigenvalue weighted by Crippen LogP contribution is 2.19. The van der Waals surface area contributed by atoms with E-state index in [0.29, 0.717) is 19.5 Å². The Hall–Kier alpha value is -0.720. The van der Waals surface area contributed by atoms with Crippen molar-refractivity contribution in [2.45, 2.75) is 25.1 Å². The Labute approximate surface area is 101 Å². The van der Waals surface area contributed by atoms with E-state index in [0.717, 1.165) is 13.0 Å². The molecule has 0 spiro atoms. The van der Waals surface area contributed by atoms with Gasteiger partial charge in [-0.3, -0.25) is 15.6 Å². The smallest absolute Gasteiger partial charge is 0.227 e. The minimum Gasteiger partial charge on any atom is -0.378 e. The first-order valence-electron chi connectivity index (χ1n) is 6.13. The van der Waals surface area contributed by atoms with Crippen molar-refractivity contribution in [2.24, 2.45) is 5.92 Å². The number of rotatable bonds is 2. The van der Waals surface area contributed by atoms with Crippen molar-refractivity contribution in [2.75, 3.05) is 33.3 Å². The first-order chi connectivity index (χ1) is 8.22. The number of piperidine rings is 1. The van der Waals surface area contributed by atoms with Crippen molar-refractivity contribution >= 4 is 5.91 Å². The molecule has 0 saturated carbocycles. The maximum Gasteiger partial charge on any atom is 0.227 e. The van der Waals surface area contributed by atoms with E-state index in [-0.39, 0.29) is 24.5 Å². The maximum absolute atomic E-state index is 13.7. The van der Waals surface area contributed by atoms with Gasteiger partial charge in [0, 0.05) is 26.7 Å². The van der Waals surface area contributed by atoms with E-state index >= 15 is 0 Å². The topological polar surface area (TPSA) is 53.6 Å². The monoisotopic (exact) mass is 245 g/mol. The van der Waals surface area contributed by atoms with Gasteiger partial charge in [-0.2, -0.15) is 0 Å². The molecule has 2 aliphatic rings. The number of methoxy groups -OCH3 is 1. The van der Waals surface area contributed by atoms with Gasteiger partial charge < -0.3 is 9.64 Å². The fourth-order valence-corrected chi connectivity index (χ4v) is 2.45. The van der Waals surface area contributed by atoms with Gasteiger partial charge in [0.2, 0.25) is 5.91 Å². The summed E-state index contributed by atoms with van der Waals surface area (Å²) in [5, 5.41) is 0. The molecule has 2 saturated heterocycles. The first-order valence-corrected chi connectivity index (χ1v) is 6.13. The number of amides is 1. The Morgan fingerprint density at radius 1 is 1.41 bits per heavy atom. The molecule has 0 aromatic heterocycles. The summed E-state index contributed by atoms with van der Waals surface area (Å²) in [7, 11) is 1.52. The van der Waals surface area contributed by atoms with E-state index in [1.807, 2.05) is 0 Å². The molecule has 2 aliphatic heterocycles. The number of hydrogen-bond donors (Lipinski definition) is 2. The van der Waals surface area contributed by atoms with E-state index < -0.39 is 6.17 Å². The fraction of sp³-hybridized carbons (Fsp3) is 0.909. The molecule has 6 heteroatoms. The summed E-state index contributed by atoms with van der Waals surface area (Å²) >= 11 is 0. The SMILES string of the molecule is COC1CCN(C(=O)C2CCNNC2)CC1F. The molecule has 2 N–H and O–H groups in total. The van der Waals surface area contributed by atoms with Crippen molar-refractivity contribution in [3.63, 3.8) is 0 Å². The van der Waals surface area contributed by atoms with Crippen molar-refractivity contribution in [1.82, 2.24) is 15.8 Å². The van der Waals surface area contributed by atoms with E-state index in [4.69, 9.17) is 4.74 Å². The van der Waals surface area contributed by atoms with Crippen LogP contribution in [-0.2, 0) is 9.53 Å². The van der Waals surface area contributed by atoms with Crippen molar-refractivity contribution in [3.05, 3.63) is 0 Å². The molecule has 3 unspecified atom stereocenters. The molecule has 0 aliphatic carbocycles. The second-order valence-corrected chi connectivity index (χ2v) is 4.66. The van der Waals surface area contributed by atoms with Crippen LogP contribution < -0.4 is 10.9 Å². The van der Waals surface area contributed by atoms with E-state index in [2.05, 4.69) is 10.9 Å². The van der Waals surface area contributed by atoms with Crippen LogP contribution in [0.25, 0.3) is 0 Å². The number of likely N-dealkylation sites (tertiary alicyclic amines) is 1. The third kappa shape index (κ3) is 2.94. The lowest BCUT2D eigenvalue weighted by Gasteiger charge is -2.36. The highest BCUT2D eigenvalue weighted by Gasteiger charge is 2.34. The predicted octanol–water partition coefficient (Wildman–Crippen LogP) is -0.314. The zero-order valence-electron chi connectivity index (χ0n) is 10.1. The quantitative estimate of drug-likeness (QED) is 0.700. The molecule has 2 heterocycles. The van der Waals surface area contributed by atoms with Crippen LogP contribution in [0.3, 0.4) is 0 Å². The molecule has 0 bridgehead atoms. The van der Waals surface area contributed by atoms with Crippen LogP contribution in [-0.4, -0.2) is 56.4 Å². The molecule has 0 radical (unpaired) electrons. The van der Waals surface area contributed by atoms with E-state index in [9.17, 15) is 9.18 Å². The lowest BCUT2D eigenvalue weighted by molar-refractivity contribution is -0.141. The third-order valence-corrected chi connectivity index (χ3v) is 3.54. The Balaban J connectivity index is 1.87. The fourth-order valence-electron chi connectivity index (χ4n) is 2.45. The third-order valence-electron chi connectivity index (χ3n) is 3.54. The predicted molar refractivity (Wildman–Crippen MR) is 61.0 cm³/mol. The summed E-state index contributed by atoms with van der Waals surface area (Å²) in [5.74, 6) is 0.0405. The van der Waals surface area contributed by atoms with Gasteiger partial charge in [-0.25, -0.2) is 4.39 Å². The number of alkyl halides is 1. The van der Waals surface area contributed by atoms with Gasteiger partial charge in [-0.15, -0.1) is 0 Å². The minimum atomic E-state index is -1.06. The number of carbonyl (C=O) groups is 1. The minimum absolute atomic E-state index is 0.0254. The summed E-state index contributed by atoms with van der Waals surface area (Å²) in [4.78, 5) is 13.8. The van der Waals surface area contributed by atoms with Crippen molar-refractivity contribution in [1.29, 1.82) is 0 Å². The summed E-state index contributed by atoms with van der Waals surface area (Å²) in [5.41, 5.74) is 5.95. The van der Waals surface area contributed by atoms with E-state index in [1.165, 1.54) is 7.11 Å².